The summed E-state index contributed by atoms with van der Waals surface area (Å²) in [7, 11) is 0. The van der Waals surface area contributed by atoms with Crippen molar-refractivity contribution in [2.24, 2.45) is 0 Å². The molecule has 0 aliphatic heterocycles. The minimum atomic E-state index is 0.996. The quantitative estimate of drug-likeness (QED) is 0.163. The zero-order valence-corrected chi connectivity index (χ0v) is 26.3. The zero-order valence-electron chi connectivity index (χ0n) is 24.7. The summed E-state index contributed by atoms with van der Waals surface area (Å²) in [5.74, 6) is 0. The van der Waals surface area contributed by atoms with E-state index in [1.165, 1.54) is 22.3 Å². The van der Waals surface area contributed by atoms with Crippen LogP contribution in [-0.4, -0.2) is 0 Å². The van der Waals surface area contributed by atoms with Gasteiger partial charge in [0, 0.05) is 38.6 Å². The van der Waals surface area contributed by atoms with E-state index in [0.29, 0.717) is 0 Å². The predicted molar refractivity (Wildman–Crippen MR) is 194 cm³/mol. The van der Waals surface area contributed by atoms with Gasteiger partial charge in [-0.25, -0.2) is 0 Å². The Bertz CT molecular complexity index is 1860. The van der Waals surface area contributed by atoms with Gasteiger partial charge in [0.1, 0.15) is 0 Å². The lowest BCUT2D eigenvalue weighted by Gasteiger charge is -2.30. The first-order valence-electron chi connectivity index (χ1n) is 15.0. The molecule has 0 fully saturated rings. The van der Waals surface area contributed by atoms with E-state index in [-0.39, 0.29) is 0 Å². The number of anilines is 6. The molecule has 216 valence electrons. The van der Waals surface area contributed by atoms with Gasteiger partial charge in [-0.15, -0.1) is 0 Å². The Labute approximate surface area is 273 Å². The van der Waals surface area contributed by atoms with E-state index < -0.39 is 0 Å². The molecule has 0 aromatic heterocycles. The molecule has 2 nitrogen and oxygen atoms in total. The van der Waals surface area contributed by atoms with Crippen LogP contribution < -0.4 is 9.80 Å². The fourth-order valence-electron chi connectivity index (χ4n) is 5.78. The summed E-state index contributed by atoms with van der Waals surface area (Å²) in [5, 5.41) is 0. The van der Waals surface area contributed by atoms with Gasteiger partial charge in [0.2, 0.25) is 0 Å². The third kappa shape index (κ3) is 6.31. The molecule has 45 heavy (non-hydrogen) atoms. The SMILES string of the molecule is Brc1cc(N(c2ccccc2)c2cccc(-c3ccccc3)c2)cc(N(c2ccccc2)c2cccc(-c3ccccc3)c2)c1. The van der Waals surface area contributed by atoms with Crippen molar-refractivity contribution in [3.8, 4) is 22.3 Å². The second-order valence-corrected chi connectivity index (χ2v) is 11.8. The number of para-hydroxylation sites is 2. The van der Waals surface area contributed by atoms with Crippen LogP contribution in [0.5, 0.6) is 0 Å². The first-order chi connectivity index (χ1) is 22.2. The molecule has 0 aliphatic carbocycles. The van der Waals surface area contributed by atoms with Gasteiger partial charge in [-0.1, -0.05) is 137 Å². The molecule has 0 bridgehead atoms. The third-order valence-corrected chi connectivity index (χ3v) is 8.29. The van der Waals surface area contributed by atoms with Gasteiger partial charge >= 0.3 is 0 Å². The number of halogens is 1. The first kappa shape index (κ1) is 28.4. The number of hydrogen-bond donors (Lipinski definition) is 0. The average Bonchev–Trinajstić information content (AvgIpc) is 3.10. The maximum atomic E-state index is 3.89. The lowest BCUT2D eigenvalue weighted by Crippen LogP contribution is -2.13. The van der Waals surface area contributed by atoms with Crippen LogP contribution in [0.25, 0.3) is 22.3 Å². The van der Waals surface area contributed by atoms with Crippen LogP contribution in [0.4, 0.5) is 34.1 Å². The minimum Gasteiger partial charge on any atom is -0.310 e. The summed E-state index contributed by atoms with van der Waals surface area (Å²) < 4.78 is 0.996. The molecule has 0 amide bonds. The molecule has 3 heteroatoms. The van der Waals surface area contributed by atoms with Gasteiger partial charge < -0.3 is 9.80 Å². The van der Waals surface area contributed by atoms with E-state index in [1.54, 1.807) is 0 Å². The lowest BCUT2D eigenvalue weighted by atomic mass is 10.0. The molecule has 7 aromatic rings. The van der Waals surface area contributed by atoms with Crippen molar-refractivity contribution in [1.29, 1.82) is 0 Å². The fraction of sp³-hybridized carbons (Fsp3) is 0. The van der Waals surface area contributed by atoms with Crippen molar-refractivity contribution in [3.63, 3.8) is 0 Å². The van der Waals surface area contributed by atoms with E-state index in [1.807, 2.05) is 0 Å². The number of benzene rings is 7. The van der Waals surface area contributed by atoms with Crippen molar-refractivity contribution < 1.29 is 0 Å². The Kier molecular flexibility index (Phi) is 8.26. The molecule has 7 rings (SSSR count). The van der Waals surface area contributed by atoms with Crippen molar-refractivity contribution in [2.75, 3.05) is 9.80 Å². The highest BCUT2D eigenvalue weighted by atomic mass is 79.9. The highest BCUT2D eigenvalue weighted by Gasteiger charge is 2.19. The molecule has 0 aliphatic rings. The maximum absolute atomic E-state index is 3.89. The van der Waals surface area contributed by atoms with E-state index >= 15 is 0 Å². The molecular formula is C42H31BrN2. The monoisotopic (exact) mass is 642 g/mol. The molecule has 0 atom stereocenters. The summed E-state index contributed by atoms with van der Waals surface area (Å²) in [6.07, 6.45) is 0. The summed E-state index contributed by atoms with van der Waals surface area (Å²) in [5.41, 5.74) is 11.2. The van der Waals surface area contributed by atoms with Crippen LogP contribution in [-0.2, 0) is 0 Å². The number of rotatable bonds is 8. The topological polar surface area (TPSA) is 6.48 Å². The molecule has 0 radical (unpaired) electrons. The Hall–Kier alpha value is -5.38. The second-order valence-electron chi connectivity index (χ2n) is 10.8. The number of nitrogens with zero attached hydrogens (tertiary/aromatic N) is 2. The van der Waals surface area contributed by atoms with Crippen LogP contribution >= 0.6 is 15.9 Å². The molecular weight excluding hydrogens is 612 g/mol. The van der Waals surface area contributed by atoms with Gasteiger partial charge in [-0.2, -0.15) is 0 Å². The average molecular weight is 644 g/mol. The highest BCUT2D eigenvalue weighted by molar-refractivity contribution is 9.10. The third-order valence-electron chi connectivity index (χ3n) is 7.84. The van der Waals surface area contributed by atoms with Gasteiger partial charge in [-0.3, -0.25) is 0 Å². The molecule has 7 aromatic carbocycles. The summed E-state index contributed by atoms with van der Waals surface area (Å²) in [4.78, 5) is 4.65. The van der Waals surface area contributed by atoms with Crippen LogP contribution in [0.15, 0.2) is 193 Å². The van der Waals surface area contributed by atoms with Crippen molar-refractivity contribution in [2.45, 2.75) is 0 Å². The lowest BCUT2D eigenvalue weighted by molar-refractivity contribution is 1.24. The van der Waals surface area contributed by atoms with E-state index in [4.69, 9.17) is 0 Å². The highest BCUT2D eigenvalue weighted by Crippen LogP contribution is 2.43. The Morgan fingerprint density at radius 2 is 0.600 bits per heavy atom. The molecule has 0 spiro atoms. The van der Waals surface area contributed by atoms with E-state index in [0.717, 1.165) is 38.6 Å². The van der Waals surface area contributed by atoms with Crippen molar-refractivity contribution in [1.82, 2.24) is 0 Å². The molecule has 0 saturated heterocycles. The molecule has 0 unspecified atom stereocenters. The number of hydrogen-bond acceptors (Lipinski definition) is 2. The summed E-state index contributed by atoms with van der Waals surface area (Å²) in [6, 6.07) is 66.4. The molecule has 0 N–H and O–H groups in total. The normalized spacial score (nSPS) is 10.8. The summed E-state index contributed by atoms with van der Waals surface area (Å²) in [6.45, 7) is 0. The van der Waals surface area contributed by atoms with Gasteiger partial charge in [0.25, 0.3) is 0 Å². The maximum Gasteiger partial charge on any atom is 0.0493 e. The van der Waals surface area contributed by atoms with Gasteiger partial charge in [0.05, 0.1) is 0 Å². The van der Waals surface area contributed by atoms with E-state index in [9.17, 15) is 0 Å². The minimum absolute atomic E-state index is 0.996. The zero-order chi connectivity index (χ0) is 30.4. The Balaban J connectivity index is 1.39. The summed E-state index contributed by atoms with van der Waals surface area (Å²) >= 11 is 3.89. The van der Waals surface area contributed by atoms with Gasteiger partial charge in [-0.05, 0) is 89.0 Å². The van der Waals surface area contributed by atoms with Crippen LogP contribution in [0.3, 0.4) is 0 Å². The Morgan fingerprint density at radius 3 is 1.00 bits per heavy atom. The van der Waals surface area contributed by atoms with Crippen LogP contribution in [0.2, 0.25) is 0 Å². The van der Waals surface area contributed by atoms with Gasteiger partial charge in [0.15, 0.2) is 0 Å². The standard InChI is InChI=1S/C42H31BrN2/c43-36-29-41(44(37-21-9-3-10-22-37)39-25-13-19-34(27-39)32-15-5-1-6-16-32)31-42(30-36)45(38-23-11-4-12-24-38)40-26-14-20-35(28-40)33-17-7-2-8-18-33/h1-31H. The molecule has 0 saturated carbocycles. The first-order valence-corrected chi connectivity index (χ1v) is 15.8. The Morgan fingerprint density at radius 1 is 0.267 bits per heavy atom. The largest absolute Gasteiger partial charge is 0.310 e. The van der Waals surface area contributed by atoms with Crippen LogP contribution in [0.1, 0.15) is 0 Å². The fourth-order valence-corrected chi connectivity index (χ4v) is 6.25. The van der Waals surface area contributed by atoms with E-state index in [2.05, 4.69) is 214 Å². The smallest absolute Gasteiger partial charge is 0.0493 e. The molecule has 0 heterocycles. The van der Waals surface area contributed by atoms with Crippen LogP contribution in [0, 0.1) is 0 Å². The second kappa shape index (κ2) is 13.1. The predicted octanol–water partition coefficient (Wildman–Crippen LogP) is 12.7. The van der Waals surface area contributed by atoms with Crippen molar-refractivity contribution >= 4 is 50.1 Å². The van der Waals surface area contributed by atoms with Crippen molar-refractivity contribution in [3.05, 3.63) is 193 Å².